The quantitative estimate of drug-likeness (QED) is 0.683. The number of ether oxygens (including phenoxy) is 1. The first-order chi connectivity index (χ1) is 11.4. The van der Waals surface area contributed by atoms with Gasteiger partial charge in [-0.25, -0.2) is 4.79 Å². The number of hydrogen-bond donors (Lipinski definition) is 0. The lowest BCUT2D eigenvalue weighted by Crippen LogP contribution is -2.14. The van der Waals surface area contributed by atoms with Gasteiger partial charge in [-0.2, -0.15) is 10.1 Å². The number of nitrogens with zero attached hydrogens (tertiary/aromatic N) is 5. The molecule has 0 aromatic carbocycles. The van der Waals surface area contributed by atoms with Gasteiger partial charge in [0.05, 0.1) is 6.20 Å². The Balaban J connectivity index is 1.92. The van der Waals surface area contributed by atoms with Crippen LogP contribution in [0.2, 0.25) is 0 Å². The van der Waals surface area contributed by atoms with Crippen LogP contribution in [0.3, 0.4) is 0 Å². The van der Waals surface area contributed by atoms with E-state index in [1.807, 2.05) is 30.5 Å². The van der Waals surface area contributed by atoms with E-state index in [0.29, 0.717) is 17.2 Å². The monoisotopic (exact) mass is 329 g/mol. The van der Waals surface area contributed by atoms with Crippen LogP contribution in [-0.4, -0.2) is 30.5 Å². The molecule has 0 unspecified atom stereocenters. The summed E-state index contributed by atoms with van der Waals surface area (Å²) in [6.45, 7) is 7.34. The first-order valence-corrected chi connectivity index (χ1v) is 7.57. The van der Waals surface area contributed by atoms with E-state index >= 15 is 0 Å². The fourth-order valence-electron chi connectivity index (χ4n) is 2.60. The summed E-state index contributed by atoms with van der Waals surface area (Å²) in [5.74, 6) is 0.927. The average molecular weight is 329 g/mol. The minimum absolute atomic E-state index is 0.264. The van der Waals surface area contributed by atoms with Crippen LogP contribution in [0.25, 0.3) is 5.82 Å². The van der Waals surface area contributed by atoms with Gasteiger partial charge in [0.15, 0.2) is 11.9 Å². The maximum atomic E-state index is 12.6. The zero-order valence-corrected chi connectivity index (χ0v) is 14.3. The van der Waals surface area contributed by atoms with E-state index in [0.717, 1.165) is 11.4 Å². The van der Waals surface area contributed by atoms with Gasteiger partial charge >= 0.3 is 5.97 Å². The second-order valence-electron chi connectivity index (χ2n) is 5.68. The van der Waals surface area contributed by atoms with E-state index in [9.17, 15) is 4.79 Å². The molecule has 3 heterocycles. The second kappa shape index (κ2) is 5.95. The van der Waals surface area contributed by atoms with Crippen LogP contribution in [0.4, 0.5) is 0 Å². The molecule has 0 saturated heterocycles. The van der Waals surface area contributed by atoms with E-state index in [1.165, 1.54) is 6.20 Å². The van der Waals surface area contributed by atoms with Crippen molar-refractivity contribution < 1.29 is 14.1 Å². The predicted molar refractivity (Wildman–Crippen MR) is 84.9 cm³/mol. The molecule has 8 nitrogen and oxygen atoms in total. The molecule has 3 aromatic heterocycles. The molecule has 8 heteroatoms. The van der Waals surface area contributed by atoms with Crippen LogP contribution in [0, 0.1) is 20.8 Å². The molecule has 0 aliphatic carbocycles. The number of hydrogen-bond acceptors (Lipinski definition) is 6. The Bertz CT molecular complexity index is 870. The fourth-order valence-corrected chi connectivity index (χ4v) is 2.60. The van der Waals surface area contributed by atoms with Gasteiger partial charge in [-0.05, 0) is 39.8 Å². The Morgan fingerprint density at radius 1 is 1.25 bits per heavy atom. The van der Waals surface area contributed by atoms with Gasteiger partial charge in [0, 0.05) is 18.4 Å². The maximum Gasteiger partial charge on any atom is 0.344 e. The van der Waals surface area contributed by atoms with Crippen molar-refractivity contribution in [3.05, 3.63) is 47.0 Å². The third kappa shape index (κ3) is 2.70. The van der Waals surface area contributed by atoms with Crippen molar-refractivity contribution >= 4 is 5.97 Å². The first-order valence-electron chi connectivity index (χ1n) is 7.57. The van der Waals surface area contributed by atoms with Gasteiger partial charge in [-0.1, -0.05) is 5.16 Å². The van der Waals surface area contributed by atoms with Gasteiger partial charge in [0.25, 0.3) is 5.89 Å². The first kappa shape index (κ1) is 16.0. The largest absolute Gasteiger partial charge is 0.449 e. The molecule has 0 aliphatic heterocycles. The average Bonchev–Trinajstić information content (AvgIpc) is 3.20. The smallest absolute Gasteiger partial charge is 0.344 e. The van der Waals surface area contributed by atoms with Crippen molar-refractivity contribution in [2.45, 2.75) is 33.8 Å². The van der Waals surface area contributed by atoms with Crippen molar-refractivity contribution in [2.75, 3.05) is 0 Å². The second-order valence-corrected chi connectivity index (χ2v) is 5.68. The molecule has 0 amide bonds. The van der Waals surface area contributed by atoms with Gasteiger partial charge in [-0.15, -0.1) is 0 Å². The number of carbonyl (C=O) groups excluding carboxylic acids is 1. The molecule has 3 rings (SSSR count). The molecule has 0 fully saturated rings. The van der Waals surface area contributed by atoms with Gasteiger partial charge in [0.2, 0.25) is 0 Å². The normalized spacial score (nSPS) is 12.4. The third-order valence-corrected chi connectivity index (χ3v) is 3.79. The third-order valence-electron chi connectivity index (χ3n) is 3.79. The number of aryl methyl sites for hydroxylation is 4. The highest BCUT2D eigenvalue weighted by molar-refractivity contribution is 5.92. The summed E-state index contributed by atoms with van der Waals surface area (Å²) >= 11 is 0. The Morgan fingerprint density at radius 2 is 1.92 bits per heavy atom. The lowest BCUT2D eigenvalue weighted by atomic mass is 10.3. The number of rotatable bonds is 4. The van der Waals surface area contributed by atoms with Gasteiger partial charge < -0.3 is 13.8 Å². The summed E-state index contributed by atoms with van der Waals surface area (Å²) in [7, 11) is 1.79. The van der Waals surface area contributed by atoms with E-state index in [-0.39, 0.29) is 5.89 Å². The minimum atomic E-state index is -0.640. The maximum absolute atomic E-state index is 12.6. The van der Waals surface area contributed by atoms with Crippen LogP contribution in [0.5, 0.6) is 0 Å². The molecule has 0 N–H and O–H groups in total. The van der Waals surface area contributed by atoms with Crippen molar-refractivity contribution in [1.82, 2.24) is 24.5 Å². The molecule has 0 radical (unpaired) electrons. The molecule has 126 valence electrons. The molecule has 24 heavy (non-hydrogen) atoms. The van der Waals surface area contributed by atoms with Crippen molar-refractivity contribution in [3.8, 4) is 5.82 Å². The zero-order chi connectivity index (χ0) is 17.4. The Hall–Kier alpha value is -2.90. The van der Waals surface area contributed by atoms with Crippen molar-refractivity contribution in [3.63, 3.8) is 0 Å². The van der Waals surface area contributed by atoms with Crippen LogP contribution in [0.1, 0.15) is 46.5 Å². The highest BCUT2D eigenvalue weighted by Gasteiger charge is 2.24. The Kier molecular flexibility index (Phi) is 3.96. The van der Waals surface area contributed by atoms with Crippen LogP contribution in [0.15, 0.2) is 22.9 Å². The molecule has 3 aromatic rings. The van der Waals surface area contributed by atoms with Crippen molar-refractivity contribution in [2.24, 2.45) is 7.05 Å². The van der Waals surface area contributed by atoms with Crippen molar-refractivity contribution in [1.29, 1.82) is 0 Å². The minimum Gasteiger partial charge on any atom is -0.449 e. The molecular weight excluding hydrogens is 310 g/mol. The lowest BCUT2D eigenvalue weighted by Gasteiger charge is -2.13. The Labute approximate surface area is 139 Å². The predicted octanol–water partition coefficient (Wildman–Crippen LogP) is 2.44. The molecular formula is C16H19N5O3. The number of carbonyl (C=O) groups is 1. The summed E-state index contributed by atoms with van der Waals surface area (Å²) in [6, 6.07) is 3.97. The van der Waals surface area contributed by atoms with Crippen LogP contribution >= 0.6 is 0 Å². The molecule has 0 bridgehead atoms. The summed E-state index contributed by atoms with van der Waals surface area (Å²) in [5.41, 5.74) is 2.39. The van der Waals surface area contributed by atoms with E-state index in [4.69, 9.17) is 9.26 Å². The van der Waals surface area contributed by atoms with Crippen LogP contribution in [-0.2, 0) is 11.8 Å². The standard InChI is InChI=1S/C16H19N5O3/c1-9-6-7-10(2)21(9)15-13(8-17-20(15)5)16(22)23-11(3)14-18-12(4)19-24-14/h6-8,11H,1-5H3/t11-/m0/s1. The summed E-state index contributed by atoms with van der Waals surface area (Å²) in [4.78, 5) is 16.7. The van der Waals surface area contributed by atoms with Crippen LogP contribution < -0.4 is 0 Å². The molecule has 0 aliphatic rings. The number of aromatic nitrogens is 5. The lowest BCUT2D eigenvalue weighted by molar-refractivity contribution is 0.0265. The SMILES string of the molecule is Cc1noc([C@H](C)OC(=O)c2cnn(C)c2-n2c(C)ccc2C)n1. The number of esters is 1. The summed E-state index contributed by atoms with van der Waals surface area (Å²) in [6.07, 6.45) is 0.862. The van der Waals surface area contributed by atoms with Gasteiger partial charge in [-0.3, -0.25) is 4.68 Å². The topological polar surface area (TPSA) is 88.0 Å². The van der Waals surface area contributed by atoms with Gasteiger partial charge in [0.1, 0.15) is 11.4 Å². The van der Waals surface area contributed by atoms with E-state index in [2.05, 4.69) is 15.2 Å². The zero-order valence-electron chi connectivity index (χ0n) is 14.3. The van der Waals surface area contributed by atoms with E-state index in [1.54, 1.807) is 25.6 Å². The summed E-state index contributed by atoms with van der Waals surface area (Å²) in [5, 5.41) is 7.91. The molecule has 0 spiro atoms. The fraction of sp³-hybridized carbons (Fsp3) is 0.375. The molecule has 0 saturated carbocycles. The summed E-state index contributed by atoms with van der Waals surface area (Å²) < 4.78 is 14.1. The highest BCUT2D eigenvalue weighted by atomic mass is 16.6. The molecule has 1 atom stereocenters. The van der Waals surface area contributed by atoms with E-state index < -0.39 is 12.1 Å². The Morgan fingerprint density at radius 3 is 2.50 bits per heavy atom. The highest BCUT2D eigenvalue weighted by Crippen LogP contribution is 2.23.